The van der Waals surface area contributed by atoms with Crippen LogP contribution in [0.2, 0.25) is 0 Å². The van der Waals surface area contributed by atoms with Gasteiger partial charge in [0, 0.05) is 29.6 Å². The summed E-state index contributed by atoms with van der Waals surface area (Å²) in [4.78, 5) is 17.3. The van der Waals surface area contributed by atoms with Gasteiger partial charge in [0.1, 0.15) is 17.6 Å². The average molecular weight is 443 g/mol. The number of pyridine rings is 1. The summed E-state index contributed by atoms with van der Waals surface area (Å²) in [7, 11) is 0. The van der Waals surface area contributed by atoms with E-state index in [-0.39, 0.29) is 17.8 Å². The summed E-state index contributed by atoms with van der Waals surface area (Å²) >= 11 is 5.69. The second-order valence-corrected chi connectivity index (χ2v) is 7.73. The van der Waals surface area contributed by atoms with Crippen LogP contribution in [0.25, 0.3) is 11.3 Å². The van der Waals surface area contributed by atoms with Crippen LogP contribution >= 0.6 is 12.2 Å². The van der Waals surface area contributed by atoms with Crippen LogP contribution in [-0.4, -0.2) is 15.0 Å². The zero-order valence-corrected chi connectivity index (χ0v) is 17.6. The van der Waals surface area contributed by atoms with Crippen molar-refractivity contribution in [2.24, 2.45) is 0 Å². The summed E-state index contributed by atoms with van der Waals surface area (Å²) in [5.74, 6) is 1.23. The third-order valence-electron chi connectivity index (χ3n) is 5.39. The number of aromatic nitrogens is 1. The van der Waals surface area contributed by atoms with Crippen LogP contribution in [0.3, 0.4) is 0 Å². The Morgan fingerprint density at radius 3 is 2.56 bits per heavy atom. The topological polar surface area (TPSA) is 84.4 Å². The summed E-state index contributed by atoms with van der Waals surface area (Å²) in [5, 5.41) is 15.1. The molecule has 5 rings (SSSR count). The first-order valence-electron chi connectivity index (χ1n) is 10.0. The molecule has 0 saturated carbocycles. The first-order valence-corrected chi connectivity index (χ1v) is 10.4. The van der Waals surface area contributed by atoms with Gasteiger partial charge in [-0.15, -0.1) is 0 Å². The van der Waals surface area contributed by atoms with Crippen LogP contribution in [0.15, 0.2) is 95.5 Å². The second kappa shape index (κ2) is 8.24. The highest BCUT2D eigenvalue weighted by molar-refractivity contribution is 7.80. The molecule has 2 aromatic carbocycles. The minimum atomic E-state index is -0.416. The molecule has 2 unspecified atom stereocenters. The maximum absolute atomic E-state index is 11.2. The number of nitro benzene ring substituents is 1. The Bertz CT molecular complexity index is 1280. The molecule has 1 aliphatic rings. The zero-order chi connectivity index (χ0) is 22.1. The van der Waals surface area contributed by atoms with Gasteiger partial charge in [-0.3, -0.25) is 15.1 Å². The Labute approximate surface area is 189 Å². The van der Waals surface area contributed by atoms with Gasteiger partial charge in [0.2, 0.25) is 0 Å². The smallest absolute Gasteiger partial charge is 0.270 e. The van der Waals surface area contributed by atoms with E-state index in [0.29, 0.717) is 22.2 Å². The largest absolute Gasteiger partial charge is 0.459 e. The molecule has 3 heterocycles. The molecule has 0 bridgehead atoms. The van der Waals surface area contributed by atoms with E-state index >= 15 is 0 Å². The molecule has 1 fully saturated rings. The van der Waals surface area contributed by atoms with Gasteiger partial charge in [0.15, 0.2) is 5.11 Å². The number of non-ortho nitro benzene ring substituents is 1. The van der Waals surface area contributed by atoms with E-state index in [4.69, 9.17) is 16.6 Å². The van der Waals surface area contributed by atoms with E-state index in [1.807, 2.05) is 65.6 Å². The maximum Gasteiger partial charge on any atom is 0.270 e. The van der Waals surface area contributed by atoms with Crippen molar-refractivity contribution in [2.45, 2.75) is 12.1 Å². The fourth-order valence-corrected chi connectivity index (χ4v) is 4.30. The number of anilines is 1. The Morgan fingerprint density at radius 2 is 1.81 bits per heavy atom. The van der Waals surface area contributed by atoms with Crippen molar-refractivity contribution in [2.75, 3.05) is 4.90 Å². The van der Waals surface area contributed by atoms with E-state index in [1.165, 1.54) is 12.1 Å². The molecule has 7 nitrogen and oxygen atoms in total. The predicted molar refractivity (Wildman–Crippen MR) is 125 cm³/mol. The van der Waals surface area contributed by atoms with Gasteiger partial charge < -0.3 is 14.6 Å². The number of para-hydroxylation sites is 1. The number of hydrogen-bond donors (Lipinski definition) is 1. The third kappa shape index (κ3) is 3.61. The van der Waals surface area contributed by atoms with Crippen molar-refractivity contribution >= 4 is 28.7 Å². The van der Waals surface area contributed by atoms with Gasteiger partial charge in [-0.2, -0.15) is 0 Å². The van der Waals surface area contributed by atoms with Gasteiger partial charge in [-0.25, -0.2) is 0 Å². The molecule has 8 heteroatoms. The molecule has 0 spiro atoms. The van der Waals surface area contributed by atoms with E-state index in [1.54, 1.807) is 18.3 Å². The Morgan fingerprint density at radius 1 is 1.00 bits per heavy atom. The zero-order valence-electron chi connectivity index (χ0n) is 16.8. The number of nitrogens with one attached hydrogen (secondary N) is 1. The van der Waals surface area contributed by atoms with Crippen LogP contribution in [0.4, 0.5) is 11.4 Å². The van der Waals surface area contributed by atoms with Crippen molar-refractivity contribution in [3.63, 3.8) is 0 Å². The normalized spacial score (nSPS) is 17.9. The molecule has 4 aromatic rings. The number of furan rings is 1. The lowest BCUT2D eigenvalue weighted by molar-refractivity contribution is -0.384. The highest BCUT2D eigenvalue weighted by Gasteiger charge is 2.42. The number of thiocarbonyl (C=S) groups is 1. The Kier molecular flexibility index (Phi) is 5.12. The third-order valence-corrected chi connectivity index (χ3v) is 5.71. The molecule has 32 heavy (non-hydrogen) atoms. The number of hydrogen-bond acceptors (Lipinski definition) is 5. The summed E-state index contributed by atoms with van der Waals surface area (Å²) in [6, 6.07) is 25.2. The highest BCUT2D eigenvalue weighted by Crippen LogP contribution is 2.42. The first-order chi connectivity index (χ1) is 15.6. The molecular weight excluding hydrogens is 424 g/mol. The van der Waals surface area contributed by atoms with Crippen molar-refractivity contribution in [3.05, 3.63) is 113 Å². The molecule has 158 valence electrons. The van der Waals surface area contributed by atoms with E-state index in [9.17, 15) is 10.1 Å². The highest BCUT2D eigenvalue weighted by atomic mass is 32.1. The fourth-order valence-electron chi connectivity index (χ4n) is 3.95. The van der Waals surface area contributed by atoms with Crippen LogP contribution in [0.5, 0.6) is 0 Å². The number of benzene rings is 2. The standard InChI is InChI=1S/C24H18N4O3S/c29-28(30)18-10-6-7-16(15-18)20-12-13-21(31-20)23-22(19-11-4-5-14-25-19)26-24(32)27(23)17-8-2-1-3-9-17/h1-15,22-23H,(H,26,32). The lowest BCUT2D eigenvalue weighted by Crippen LogP contribution is -2.29. The number of rotatable bonds is 5. The predicted octanol–water partition coefficient (Wildman–Crippen LogP) is 5.43. The van der Waals surface area contributed by atoms with Gasteiger partial charge in [-0.1, -0.05) is 36.4 Å². The second-order valence-electron chi connectivity index (χ2n) is 7.34. The fraction of sp³-hybridized carbons (Fsp3) is 0.0833. The summed E-state index contributed by atoms with van der Waals surface area (Å²) in [6.45, 7) is 0. The molecule has 1 N–H and O–H groups in total. The van der Waals surface area contributed by atoms with Gasteiger partial charge in [0.25, 0.3) is 5.69 Å². The molecular formula is C24H18N4O3S. The summed E-state index contributed by atoms with van der Waals surface area (Å²) in [6.07, 6.45) is 1.75. The Hall–Kier alpha value is -4.04. The van der Waals surface area contributed by atoms with Gasteiger partial charge in [0.05, 0.1) is 16.7 Å². The molecule has 0 aliphatic carbocycles. The SMILES string of the molecule is O=[N+]([O-])c1cccc(-c2ccc(C3C(c4ccccn4)NC(=S)N3c3ccccc3)o2)c1. The quantitative estimate of drug-likeness (QED) is 0.251. The molecule has 2 aromatic heterocycles. The van der Waals surface area contributed by atoms with E-state index in [0.717, 1.165) is 11.4 Å². The molecule has 1 aliphatic heterocycles. The lowest BCUT2D eigenvalue weighted by atomic mass is 10.0. The molecule has 2 atom stereocenters. The van der Waals surface area contributed by atoms with Crippen LogP contribution < -0.4 is 10.2 Å². The first kappa shape index (κ1) is 19.9. The monoisotopic (exact) mass is 442 g/mol. The lowest BCUT2D eigenvalue weighted by Gasteiger charge is -2.26. The Balaban J connectivity index is 1.58. The van der Waals surface area contributed by atoms with E-state index in [2.05, 4.69) is 10.3 Å². The van der Waals surface area contributed by atoms with Crippen molar-refractivity contribution in [3.8, 4) is 11.3 Å². The number of nitro groups is 1. The summed E-state index contributed by atoms with van der Waals surface area (Å²) in [5.41, 5.74) is 2.43. The van der Waals surface area contributed by atoms with Crippen molar-refractivity contribution < 1.29 is 9.34 Å². The van der Waals surface area contributed by atoms with Gasteiger partial charge >= 0.3 is 0 Å². The maximum atomic E-state index is 11.2. The minimum absolute atomic E-state index is 0.0152. The van der Waals surface area contributed by atoms with Crippen LogP contribution in [0, 0.1) is 10.1 Å². The van der Waals surface area contributed by atoms with Gasteiger partial charge in [-0.05, 0) is 48.6 Å². The van der Waals surface area contributed by atoms with Crippen molar-refractivity contribution in [1.82, 2.24) is 10.3 Å². The summed E-state index contributed by atoms with van der Waals surface area (Å²) < 4.78 is 6.25. The van der Waals surface area contributed by atoms with E-state index < -0.39 is 4.92 Å². The molecule has 1 saturated heterocycles. The minimum Gasteiger partial charge on any atom is -0.459 e. The van der Waals surface area contributed by atoms with Crippen LogP contribution in [0.1, 0.15) is 23.5 Å². The molecule has 0 radical (unpaired) electrons. The molecule has 0 amide bonds. The number of nitrogens with zero attached hydrogens (tertiary/aromatic N) is 3. The average Bonchev–Trinajstić information content (AvgIpc) is 3.45. The van der Waals surface area contributed by atoms with Crippen LogP contribution in [-0.2, 0) is 0 Å². The van der Waals surface area contributed by atoms with Crippen molar-refractivity contribution in [1.29, 1.82) is 0 Å².